The van der Waals surface area contributed by atoms with Crippen molar-refractivity contribution in [3.8, 4) is 22.8 Å². The molecule has 6 nitrogen and oxygen atoms in total. The Balaban J connectivity index is 1.86. The average molecular weight is 408 g/mol. The molecule has 0 saturated carbocycles. The van der Waals surface area contributed by atoms with Gasteiger partial charge in [0.15, 0.2) is 5.76 Å². The lowest BCUT2D eigenvalue weighted by atomic mass is 10.1. The van der Waals surface area contributed by atoms with E-state index in [2.05, 4.69) is 19.0 Å². The highest BCUT2D eigenvalue weighted by Crippen LogP contribution is 2.34. The predicted octanol–water partition coefficient (Wildman–Crippen LogP) is 4.97. The summed E-state index contributed by atoms with van der Waals surface area (Å²) in [6.07, 6.45) is 0. The highest BCUT2D eigenvalue weighted by atomic mass is 16.5. The van der Waals surface area contributed by atoms with E-state index in [0.29, 0.717) is 47.5 Å². The van der Waals surface area contributed by atoms with Crippen molar-refractivity contribution < 1.29 is 18.8 Å². The molecule has 1 amide bonds. The second kappa shape index (κ2) is 9.48. The first-order valence-corrected chi connectivity index (χ1v) is 9.95. The number of aromatic nitrogens is 1. The van der Waals surface area contributed by atoms with Gasteiger partial charge in [-0.1, -0.05) is 36.7 Å². The Morgan fingerprint density at radius 1 is 1.07 bits per heavy atom. The minimum absolute atomic E-state index is 0.0211. The van der Waals surface area contributed by atoms with Gasteiger partial charge in [-0.05, 0) is 43.2 Å². The molecule has 0 spiro atoms. The zero-order valence-corrected chi connectivity index (χ0v) is 18.1. The number of amides is 1. The van der Waals surface area contributed by atoms with E-state index in [-0.39, 0.29) is 5.91 Å². The van der Waals surface area contributed by atoms with Gasteiger partial charge in [0.25, 0.3) is 5.91 Å². The van der Waals surface area contributed by atoms with Crippen molar-refractivity contribution in [1.82, 2.24) is 10.1 Å². The summed E-state index contributed by atoms with van der Waals surface area (Å²) in [6, 6.07) is 14.9. The molecule has 1 aromatic heterocycles. The van der Waals surface area contributed by atoms with Gasteiger partial charge in [0.05, 0.1) is 26.3 Å². The molecule has 158 valence electrons. The maximum atomic E-state index is 13.1. The number of ether oxygens (including phenoxy) is 2. The minimum atomic E-state index is -0.0211. The third-order valence-corrected chi connectivity index (χ3v) is 4.76. The van der Waals surface area contributed by atoms with Crippen LogP contribution in [-0.4, -0.2) is 36.7 Å². The molecule has 3 rings (SSSR count). The average Bonchev–Trinajstić information content (AvgIpc) is 3.21. The quantitative estimate of drug-likeness (QED) is 0.527. The normalized spacial score (nSPS) is 10.9. The zero-order valence-electron chi connectivity index (χ0n) is 18.1. The van der Waals surface area contributed by atoms with Crippen LogP contribution in [0.15, 0.2) is 53.1 Å². The number of rotatable bonds is 8. The van der Waals surface area contributed by atoms with Crippen molar-refractivity contribution in [3.63, 3.8) is 0 Å². The molecule has 1 heterocycles. The van der Waals surface area contributed by atoms with Crippen LogP contribution >= 0.6 is 0 Å². The van der Waals surface area contributed by atoms with Gasteiger partial charge in [0, 0.05) is 18.2 Å². The number of benzene rings is 2. The van der Waals surface area contributed by atoms with E-state index in [4.69, 9.17) is 14.0 Å². The molecule has 0 aliphatic heterocycles. The first kappa shape index (κ1) is 21.4. The van der Waals surface area contributed by atoms with Crippen LogP contribution < -0.4 is 9.47 Å². The summed E-state index contributed by atoms with van der Waals surface area (Å²) in [5.74, 6) is 2.22. The number of nitrogens with zero attached hydrogens (tertiary/aromatic N) is 2. The summed E-state index contributed by atoms with van der Waals surface area (Å²) in [5.41, 5.74) is 3.21. The molecule has 0 fully saturated rings. The Hall–Kier alpha value is -3.28. The maximum absolute atomic E-state index is 13.1. The van der Waals surface area contributed by atoms with Crippen molar-refractivity contribution in [2.75, 3.05) is 20.8 Å². The Bertz CT molecular complexity index is 993. The van der Waals surface area contributed by atoms with Crippen LogP contribution in [0, 0.1) is 12.8 Å². The zero-order chi connectivity index (χ0) is 21.7. The molecule has 30 heavy (non-hydrogen) atoms. The summed E-state index contributed by atoms with van der Waals surface area (Å²) >= 11 is 0. The monoisotopic (exact) mass is 408 g/mol. The van der Waals surface area contributed by atoms with Gasteiger partial charge in [-0.2, -0.15) is 0 Å². The molecule has 0 bridgehead atoms. The van der Waals surface area contributed by atoms with Crippen LogP contribution in [-0.2, 0) is 6.54 Å². The van der Waals surface area contributed by atoms with Crippen LogP contribution in [0.2, 0.25) is 0 Å². The molecular weight excluding hydrogens is 380 g/mol. The van der Waals surface area contributed by atoms with Crippen LogP contribution in [0.1, 0.15) is 35.5 Å². The van der Waals surface area contributed by atoms with E-state index < -0.39 is 0 Å². The van der Waals surface area contributed by atoms with Crippen LogP contribution in [0.3, 0.4) is 0 Å². The van der Waals surface area contributed by atoms with E-state index in [0.717, 1.165) is 11.1 Å². The fourth-order valence-electron chi connectivity index (χ4n) is 3.25. The lowest BCUT2D eigenvalue weighted by Gasteiger charge is -2.23. The molecule has 0 atom stereocenters. The summed E-state index contributed by atoms with van der Waals surface area (Å²) in [7, 11) is 3.21. The predicted molar refractivity (Wildman–Crippen MR) is 116 cm³/mol. The molecular formula is C24H28N2O4. The number of aryl methyl sites for hydroxylation is 1. The molecule has 0 aliphatic carbocycles. The number of methoxy groups -OCH3 is 2. The van der Waals surface area contributed by atoms with E-state index in [1.54, 1.807) is 19.1 Å². The molecule has 0 saturated heterocycles. The second-order valence-electron chi connectivity index (χ2n) is 7.69. The van der Waals surface area contributed by atoms with Gasteiger partial charge in [0.1, 0.15) is 17.2 Å². The van der Waals surface area contributed by atoms with Crippen molar-refractivity contribution in [2.24, 2.45) is 5.92 Å². The molecule has 0 N–H and O–H groups in total. The smallest absolute Gasteiger partial charge is 0.254 e. The first-order chi connectivity index (χ1) is 14.4. The highest BCUT2D eigenvalue weighted by Gasteiger charge is 2.20. The van der Waals surface area contributed by atoms with Gasteiger partial charge >= 0.3 is 0 Å². The third-order valence-electron chi connectivity index (χ3n) is 4.76. The Morgan fingerprint density at radius 3 is 2.43 bits per heavy atom. The van der Waals surface area contributed by atoms with Crippen LogP contribution in [0.4, 0.5) is 0 Å². The van der Waals surface area contributed by atoms with E-state index in [1.807, 2.05) is 55.5 Å². The van der Waals surface area contributed by atoms with Gasteiger partial charge in [-0.25, -0.2) is 0 Å². The third kappa shape index (κ3) is 5.00. The highest BCUT2D eigenvalue weighted by molar-refractivity contribution is 5.94. The number of hydrogen-bond acceptors (Lipinski definition) is 5. The fourth-order valence-corrected chi connectivity index (χ4v) is 3.25. The fraction of sp³-hybridized carbons (Fsp3) is 0.333. The molecule has 0 aliphatic rings. The lowest BCUT2D eigenvalue weighted by molar-refractivity contribution is 0.0719. The SMILES string of the molecule is COc1ccc(OC)c(-c2cc(CN(CC(C)C)C(=O)c3ccc(C)cc3)no2)c1. The molecule has 0 unspecified atom stereocenters. The Kier molecular flexibility index (Phi) is 6.77. The number of hydrogen-bond donors (Lipinski definition) is 0. The van der Waals surface area contributed by atoms with Crippen molar-refractivity contribution in [3.05, 3.63) is 65.4 Å². The summed E-state index contributed by atoms with van der Waals surface area (Å²) < 4.78 is 16.3. The van der Waals surface area contributed by atoms with Gasteiger partial charge < -0.3 is 18.9 Å². The summed E-state index contributed by atoms with van der Waals surface area (Å²) in [4.78, 5) is 14.9. The second-order valence-corrected chi connectivity index (χ2v) is 7.69. The lowest BCUT2D eigenvalue weighted by Crippen LogP contribution is -2.33. The maximum Gasteiger partial charge on any atom is 0.254 e. The van der Waals surface area contributed by atoms with E-state index in [1.165, 1.54) is 0 Å². The Labute approximate surface area is 177 Å². The molecule has 2 aromatic carbocycles. The molecule has 0 radical (unpaired) electrons. The van der Waals surface area contributed by atoms with E-state index in [9.17, 15) is 4.79 Å². The topological polar surface area (TPSA) is 64.8 Å². The summed E-state index contributed by atoms with van der Waals surface area (Å²) in [6.45, 7) is 7.16. The van der Waals surface area contributed by atoms with Crippen LogP contribution in [0.5, 0.6) is 11.5 Å². The number of carbonyl (C=O) groups is 1. The van der Waals surface area contributed by atoms with Gasteiger partial charge in [-0.15, -0.1) is 0 Å². The van der Waals surface area contributed by atoms with Crippen molar-refractivity contribution >= 4 is 5.91 Å². The molecule has 6 heteroatoms. The molecule has 3 aromatic rings. The van der Waals surface area contributed by atoms with Gasteiger partial charge in [0.2, 0.25) is 0 Å². The first-order valence-electron chi connectivity index (χ1n) is 9.95. The van der Waals surface area contributed by atoms with Crippen molar-refractivity contribution in [2.45, 2.75) is 27.3 Å². The van der Waals surface area contributed by atoms with Gasteiger partial charge in [-0.3, -0.25) is 4.79 Å². The van der Waals surface area contributed by atoms with Crippen LogP contribution in [0.25, 0.3) is 11.3 Å². The van der Waals surface area contributed by atoms with Crippen molar-refractivity contribution in [1.29, 1.82) is 0 Å². The minimum Gasteiger partial charge on any atom is -0.497 e. The van der Waals surface area contributed by atoms with E-state index >= 15 is 0 Å². The number of carbonyl (C=O) groups excluding carboxylic acids is 1. The Morgan fingerprint density at radius 2 is 1.80 bits per heavy atom. The summed E-state index contributed by atoms with van der Waals surface area (Å²) in [5, 5.41) is 4.20. The standard InChI is InChI=1S/C24H28N2O4/c1-16(2)14-26(24(27)18-8-6-17(3)7-9-18)15-19-12-23(30-25-19)21-13-20(28-4)10-11-22(21)29-5/h6-13,16H,14-15H2,1-5H3. The largest absolute Gasteiger partial charge is 0.497 e.